The van der Waals surface area contributed by atoms with Gasteiger partial charge >= 0.3 is 11.9 Å². The number of hydrogen-bond acceptors (Lipinski definition) is 10. The van der Waals surface area contributed by atoms with Gasteiger partial charge in [0.15, 0.2) is 11.6 Å². The number of nitrogens with two attached hydrogens (primary N) is 1. The average molecular weight is 568 g/mol. The number of nitrogens with one attached hydrogen (secondary N) is 2. The molecule has 1 aromatic heterocycles. The second kappa shape index (κ2) is 12.9. The number of aliphatic carboxylic acids is 2. The van der Waals surface area contributed by atoms with Crippen LogP contribution in [0.4, 0.5) is 27.5 Å². The first-order valence-electron chi connectivity index (χ1n) is 13.3. The van der Waals surface area contributed by atoms with E-state index < -0.39 is 17.8 Å². The molecule has 1 saturated carbocycles. The van der Waals surface area contributed by atoms with E-state index in [9.17, 15) is 18.8 Å². The first-order chi connectivity index (χ1) is 19.6. The Labute approximate surface area is 236 Å². The van der Waals surface area contributed by atoms with Gasteiger partial charge in [-0.1, -0.05) is 12.2 Å². The summed E-state index contributed by atoms with van der Waals surface area (Å²) in [6.07, 6.45) is 4.39. The Morgan fingerprint density at radius 3 is 2.37 bits per heavy atom. The number of benzene rings is 1. The third-order valence-electron chi connectivity index (χ3n) is 7.48. The number of fused-ring (bicyclic) bond motifs is 2. The number of carboxylic acid groups (broad SMARTS) is 2. The van der Waals surface area contributed by atoms with E-state index in [0.717, 1.165) is 43.6 Å². The number of piperazine rings is 1. The molecule has 1 aromatic carbocycles. The number of aryl methyl sites for hydroxylation is 1. The molecule has 13 heteroatoms. The van der Waals surface area contributed by atoms with E-state index in [-0.39, 0.29) is 48.5 Å². The Kier molecular flexibility index (Phi) is 9.33. The summed E-state index contributed by atoms with van der Waals surface area (Å²) in [7, 11) is 2.14. The van der Waals surface area contributed by atoms with Gasteiger partial charge < -0.3 is 36.4 Å². The van der Waals surface area contributed by atoms with Crippen LogP contribution in [-0.2, 0) is 14.4 Å². The van der Waals surface area contributed by atoms with Crippen molar-refractivity contribution in [1.29, 1.82) is 0 Å². The lowest BCUT2D eigenvalue weighted by molar-refractivity contribution is -0.143. The number of carboxylic acids is 2. The van der Waals surface area contributed by atoms with E-state index in [0.29, 0.717) is 5.57 Å². The van der Waals surface area contributed by atoms with E-state index >= 15 is 0 Å². The quantitative estimate of drug-likeness (QED) is 0.232. The van der Waals surface area contributed by atoms with Crippen LogP contribution in [0.15, 0.2) is 42.1 Å². The number of carbonyl (C=O) groups is 2. The van der Waals surface area contributed by atoms with Crippen molar-refractivity contribution in [3.8, 4) is 0 Å². The van der Waals surface area contributed by atoms with Gasteiger partial charge in [0, 0.05) is 61.0 Å². The molecule has 218 valence electrons. The van der Waals surface area contributed by atoms with Crippen LogP contribution in [0, 0.1) is 24.6 Å². The molecule has 0 amide bonds. The van der Waals surface area contributed by atoms with Crippen molar-refractivity contribution in [3.63, 3.8) is 0 Å². The molecule has 2 fully saturated rings. The van der Waals surface area contributed by atoms with Crippen molar-refractivity contribution >= 4 is 41.0 Å². The second-order valence-corrected chi connectivity index (χ2v) is 10.3. The zero-order valence-corrected chi connectivity index (χ0v) is 22.9. The normalized spacial score (nSPS) is 23.0. The summed E-state index contributed by atoms with van der Waals surface area (Å²) in [4.78, 5) is 43.7. The zero-order valence-electron chi connectivity index (χ0n) is 22.9. The van der Waals surface area contributed by atoms with Gasteiger partial charge in [0.2, 0.25) is 5.95 Å². The summed E-state index contributed by atoms with van der Waals surface area (Å²) in [5.41, 5.74) is 10.1. The minimum absolute atomic E-state index is 0.0601. The summed E-state index contributed by atoms with van der Waals surface area (Å²) in [6, 6.07) is 5.47. The lowest BCUT2D eigenvalue weighted by Gasteiger charge is -2.35. The summed E-state index contributed by atoms with van der Waals surface area (Å²) >= 11 is 0. The van der Waals surface area contributed by atoms with Gasteiger partial charge in [-0.05, 0) is 37.7 Å². The molecule has 2 aliphatic carbocycles. The highest BCUT2D eigenvalue weighted by Crippen LogP contribution is 2.43. The number of hydrogen-bond donors (Lipinski definition) is 5. The van der Waals surface area contributed by atoms with Crippen LogP contribution in [0.5, 0.6) is 0 Å². The monoisotopic (exact) mass is 567 g/mol. The Bertz CT molecular complexity index is 1360. The summed E-state index contributed by atoms with van der Waals surface area (Å²) in [5, 5.41) is 22.1. The van der Waals surface area contributed by atoms with Gasteiger partial charge in [-0.15, -0.1) is 0 Å². The number of rotatable bonds is 8. The van der Waals surface area contributed by atoms with Crippen molar-refractivity contribution in [1.82, 2.24) is 14.9 Å². The lowest BCUT2D eigenvalue weighted by atomic mass is 9.97. The number of anilines is 4. The second-order valence-electron chi connectivity index (χ2n) is 10.3. The van der Waals surface area contributed by atoms with Gasteiger partial charge in [-0.2, -0.15) is 4.98 Å². The van der Waals surface area contributed by atoms with Crippen LogP contribution in [0.2, 0.25) is 0 Å². The molecular formula is C28H34FN7O5. The molecule has 2 heterocycles. The van der Waals surface area contributed by atoms with E-state index in [4.69, 9.17) is 15.9 Å². The van der Waals surface area contributed by atoms with Crippen molar-refractivity contribution in [2.75, 3.05) is 48.8 Å². The average Bonchev–Trinajstić information content (AvgIpc) is 3.46. The minimum atomic E-state index is -1.08. The van der Waals surface area contributed by atoms with E-state index in [1.807, 2.05) is 30.2 Å². The molecule has 6 N–H and O–H groups in total. The van der Waals surface area contributed by atoms with Crippen LogP contribution in [0.25, 0.3) is 0 Å². The summed E-state index contributed by atoms with van der Waals surface area (Å²) in [6.45, 7) is 6.18. The first-order valence-corrected chi connectivity index (χ1v) is 13.3. The third-order valence-corrected chi connectivity index (χ3v) is 7.48. The topological polar surface area (TPSA) is 174 Å². The third kappa shape index (κ3) is 7.07. The van der Waals surface area contributed by atoms with Crippen LogP contribution in [0.3, 0.4) is 0 Å². The molecule has 4 atom stereocenters. The number of aromatic nitrogens is 2. The van der Waals surface area contributed by atoms with Gasteiger partial charge in [-0.25, -0.2) is 14.2 Å². The molecule has 0 spiro atoms. The molecule has 2 aromatic rings. The number of nitrogens with zero attached hydrogens (tertiary/aromatic N) is 4. The van der Waals surface area contributed by atoms with Crippen LogP contribution in [0.1, 0.15) is 18.4 Å². The van der Waals surface area contributed by atoms with Gasteiger partial charge in [0.05, 0.1) is 25.1 Å². The van der Waals surface area contributed by atoms with Gasteiger partial charge in [-0.3, -0.25) is 9.59 Å². The number of halogens is 1. The van der Waals surface area contributed by atoms with E-state index in [1.165, 1.54) is 5.69 Å². The van der Waals surface area contributed by atoms with Crippen LogP contribution >= 0.6 is 0 Å². The Morgan fingerprint density at radius 2 is 1.78 bits per heavy atom. The maximum atomic E-state index is 14.5. The Hall–Kier alpha value is -4.32. The fourth-order valence-electron chi connectivity index (χ4n) is 5.27. The molecule has 12 nitrogen and oxygen atoms in total. The Morgan fingerprint density at radius 1 is 1.12 bits per heavy atom. The molecule has 41 heavy (non-hydrogen) atoms. The molecule has 5 rings (SSSR count). The van der Waals surface area contributed by atoms with Crippen LogP contribution < -0.4 is 21.3 Å². The fraction of sp³-hybridized carbons (Fsp3) is 0.429. The summed E-state index contributed by atoms with van der Waals surface area (Å²) in [5.74, 6) is -0.731. The predicted octanol–water partition coefficient (Wildman–Crippen LogP) is 2.04. The SMILES string of the molecule is Cc1cc(Nc2ncc(F)c(N[C@H]3[C@@H](N)[C@H]4C=C[C@@H]3C4=C=O)n2)ccc1N1CCN(C)CC1.O=C(O)CCC(=O)O. The maximum Gasteiger partial charge on any atom is 0.303 e. The standard InChI is InChI=1S/C24H28FN7O.C4H6O4/c1-14-11-15(3-6-20(14)32-9-7-31(2)8-10-32)28-24-27-12-19(25)23(30-24)29-22-17-5-4-16(21(22)26)18(17)13-33;5-3(6)1-2-4(7)8/h3-6,11-12,16-17,21-22H,7-10,26H2,1-2H3,(H2,27,28,29,30);1-2H2,(H,5,6)(H,7,8)/t16-,17+,21-,22+;/m0./s1. The highest BCUT2D eigenvalue weighted by atomic mass is 19.1. The molecule has 0 radical (unpaired) electrons. The van der Waals surface area contributed by atoms with E-state index in [1.54, 1.807) is 0 Å². The molecule has 1 aliphatic heterocycles. The van der Waals surface area contributed by atoms with Crippen molar-refractivity contribution in [3.05, 3.63) is 53.5 Å². The van der Waals surface area contributed by atoms with Crippen molar-refractivity contribution in [2.45, 2.75) is 31.8 Å². The lowest BCUT2D eigenvalue weighted by Crippen LogP contribution is -2.44. The summed E-state index contributed by atoms with van der Waals surface area (Å²) < 4.78 is 14.5. The highest BCUT2D eigenvalue weighted by Gasteiger charge is 2.48. The molecule has 1 saturated heterocycles. The number of likely N-dealkylation sites (N-methyl/N-ethyl adjacent to an activating group) is 1. The molecule has 0 unspecified atom stereocenters. The maximum absolute atomic E-state index is 14.5. The first kappa shape index (κ1) is 29.7. The highest BCUT2D eigenvalue weighted by molar-refractivity contribution is 5.75. The largest absolute Gasteiger partial charge is 0.481 e. The van der Waals surface area contributed by atoms with Gasteiger partial charge in [0.1, 0.15) is 5.94 Å². The molecule has 2 bridgehead atoms. The van der Waals surface area contributed by atoms with Crippen molar-refractivity contribution in [2.24, 2.45) is 17.6 Å². The minimum Gasteiger partial charge on any atom is -0.481 e. The smallest absolute Gasteiger partial charge is 0.303 e. The fourth-order valence-corrected chi connectivity index (χ4v) is 5.27. The molecule has 3 aliphatic rings. The Balaban J connectivity index is 0.000000426. The number of carbonyl (C=O) groups excluding carboxylic acids is 1. The van der Waals surface area contributed by atoms with Crippen molar-refractivity contribution < 1.29 is 29.0 Å². The predicted molar refractivity (Wildman–Crippen MR) is 151 cm³/mol. The zero-order chi connectivity index (χ0) is 29.7. The van der Waals surface area contributed by atoms with Crippen LogP contribution in [-0.4, -0.2) is 88.3 Å². The van der Waals surface area contributed by atoms with E-state index in [2.05, 4.69) is 50.4 Å². The molecular weight excluding hydrogens is 533 g/mol. The van der Waals surface area contributed by atoms with Gasteiger partial charge in [0.25, 0.3) is 0 Å².